The average molecular weight is 290 g/mol. The second kappa shape index (κ2) is 4.17. The van der Waals surface area contributed by atoms with E-state index in [0.29, 0.717) is 18.2 Å². The molecule has 22 heavy (non-hydrogen) atoms. The number of pyridine rings is 1. The number of ether oxygens (including phenoxy) is 1. The first-order valence-corrected chi connectivity index (χ1v) is 6.89. The molecule has 3 aromatic heterocycles. The Morgan fingerprint density at radius 1 is 1.14 bits per heavy atom. The van der Waals surface area contributed by atoms with Crippen molar-refractivity contribution in [1.82, 2.24) is 14.6 Å². The minimum absolute atomic E-state index is 0.425. The summed E-state index contributed by atoms with van der Waals surface area (Å²) in [5.74, 6) is 1.37. The van der Waals surface area contributed by atoms with Crippen LogP contribution in [0, 0.1) is 0 Å². The van der Waals surface area contributed by atoms with Crippen molar-refractivity contribution < 1.29 is 9.15 Å². The van der Waals surface area contributed by atoms with Crippen LogP contribution in [0.5, 0.6) is 5.75 Å². The fourth-order valence-corrected chi connectivity index (χ4v) is 2.79. The van der Waals surface area contributed by atoms with Gasteiger partial charge in [-0.15, -0.1) is 10.2 Å². The van der Waals surface area contributed by atoms with Gasteiger partial charge < -0.3 is 9.15 Å². The van der Waals surface area contributed by atoms with E-state index >= 15 is 0 Å². The molecule has 1 aromatic carbocycles. The van der Waals surface area contributed by atoms with E-state index in [9.17, 15) is 0 Å². The smallest absolute Gasteiger partial charge is 0.182 e. The first kappa shape index (κ1) is 11.5. The summed E-state index contributed by atoms with van der Waals surface area (Å²) in [6.07, 6.45) is 5.20. The molecule has 0 bridgehead atoms. The number of aliphatic imine (C=N–C) groups is 1. The van der Waals surface area contributed by atoms with Crippen LogP contribution in [0.4, 0.5) is 5.82 Å². The second-order valence-electron chi connectivity index (χ2n) is 5.11. The van der Waals surface area contributed by atoms with Gasteiger partial charge in [-0.25, -0.2) is 4.99 Å². The average Bonchev–Trinajstić information content (AvgIpc) is 3.18. The highest BCUT2D eigenvalue weighted by Crippen LogP contribution is 2.32. The van der Waals surface area contributed by atoms with Gasteiger partial charge in [-0.3, -0.25) is 4.40 Å². The minimum Gasteiger partial charge on any atom is -0.485 e. The Morgan fingerprint density at radius 3 is 3.14 bits per heavy atom. The highest BCUT2D eigenvalue weighted by Gasteiger charge is 2.15. The van der Waals surface area contributed by atoms with Crippen LogP contribution in [0.3, 0.4) is 0 Å². The molecule has 0 fully saturated rings. The third-order valence-electron chi connectivity index (χ3n) is 3.82. The third kappa shape index (κ3) is 1.52. The maximum Gasteiger partial charge on any atom is 0.182 e. The van der Waals surface area contributed by atoms with Crippen molar-refractivity contribution in [2.75, 3.05) is 0 Å². The molecule has 0 spiro atoms. The van der Waals surface area contributed by atoms with E-state index in [0.717, 1.165) is 27.7 Å². The first-order valence-electron chi connectivity index (χ1n) is 6.89. The van der Waals surface area contributed by atoms with E-state index in [1.54, 1.807) is 12.6 Å². The van der Waals surface area contributed by atoms with Crippen LogP contribution < -0.4 is 4.74 Å². The van der Waals surface area contributed by atoms with Gasteiger partial charge in [0, 0.05) is 22.7 Å². The number of hydrogen-bond donors (Lipinski definition) is 0. The van der Waals surface area contributed by atoms with Crippen molar-refractivity contribution in [3.05, 3.63) is 54.0 Å². The van der Waals surface area contributed by atoms with Crippen molar-refractivity contribution in [3.8, 4) is 5.75 Å². The van der Waals surface area contributed by atoms with E-state index in [-0.39, 0.29) is 0 Å². The molecule has 5 rings (SSSR count). The van der Waals surface area contributed by atoms with E-state index in [2.05, 4.69) is 15.2 Å². The Kier molecular flexibility index (Phi) is 2.18. The van der Waals surface area contributed by atoms with E-state index in [4.69, 9.17) is 9.15 Å². The summed E-state index contributed by atoms with van der Waals surface area (Å²) in [7, 11) is 0. The first-order chi connectivity index (χ1) is 10.9. The predicted molar refractivity (Wildman–Crippen MR) is 80.8 cm³/mol. The summed E-state index contributed by atoms with van der Waals surface area (Å²) in [6.45, 7) is 0.425. The molecule has 0 saturated heterocycles. The Labute approximate surface area is 124 Å². The maximum atomic E-state index is 5.94. The molecule has 0 atom stereocenters. The van der Waals surface area contributed by atoms with Gasteiger partial charge in [0.25, 0.3) is 0 Å². The molecule has 1 aliphatic heterocycles. The SMILES string of the molecule is C1=N\c2c(ccc3nncn23)OCc2coc3cccc/1c23. The van der Waals surface area contributed by atoms with Crippen molar-refractivity contribution in [1.29, 1.82) is 0 Å². The molecular formula is C16H10N4O2. The van der Waals surface area contributed by atoms with E-state index in [1.165, 1.54) is 0 Å². The molecule has 106 valence electrons. The van der Waals surface area contributed by atoms with Crippen LogP contribution in [-0.2, 0) is 6.61 Å². The molecule has 0 saturated carbocycles. The minimum atomic E-state index is 0.425. The van der Waals surface area contributed by atoms with Crippen LogP contribution in [0.1, 0.15) is 11.1 Å². The summed E-state index contributed by atoms with van der Waals surface area (Å²) in [6, 6.07) is 9.64. The molecule has 4 heterocycles. The lowest BCUT2D eigenvalue weighted by Gasteiger charge is -2.08. The highest BCUT2D eigenvalue weighted by atomic mass is 16.5. The Hall–Kier alpha value is -3.15. The van der Waals surface area contributed by atoms with Crippen LogP contribution in [0.25, 0.3) is 16.6 Å². The summed E-state index contributed by atoms with van der Waals surface area (Å²) < 4.78 is 13.3. The van der Waals surface area contributed by atoms with Crippen molar-refractivity contribution >= 4 is 28.6 Å². The van der Waals surface area contributed by atoms with Crippen LogP contribution >= 0.6 is 0 Å². The largest absolute Gasteiger partial charge is 0.485 e. The van der Waals surface area contributed by atoms with Gasteiger partial charge in [-0.2, -0.15) is 0 Å². The zero-order valence-corrected chi connectivity index (χ0v) is 11.4. The molecule has 0 aliphatic carbocycles. The fraction of sp³-hybridized carbons (Fsp3) is 0.0625. The highest BCUT2D eigenvalue weighted by molar-refractivity contribution is 6.00. The molecule has 6 nitrogen and oxygen atoms in total. The maximum absolute atomic E-state index is 5.94. The summed E-state index contributed by atoms with van der Waals surface area (Å²) in [4.78, 5) is 4.60. The molecular weight excluding hydrogens is 280 g/mol. The van der Waals surface area contributed by atoms with Crippen molar-refractivity contribution in [2.45, 2.75) is 6.61 Å². The fourth-order valence-electron chi connectivity index (χ4n) is 2.79. The van der Waals surface area contributed by atoms with Crippen LogP contribution in [-0.4, -0.2) is 20.8 Å². The number of fused-ring (bicyclic) bond motifs is 3. The normalized spacial score (nSPS) is 14.9. The number of aromatic nitrogens is 3. The lowest BCUT2D eigenvalue weighted by atomic mass is 10.1. The van der Waals surface area contributed by atoms with Crippen molar-refractivity contribution in [3.63, 3.8) is 0 Å². The molecule has 4 aromatic rings. The Balaban J connectivity index is 1.81. The van der Waals surface area contributed by atoms with Gasteiger partial charge in [0.2, 0.25) is 0 Å². The van der Waals surface area contributed by atoms with E-state index in [1.807, 2.05) is 40.9 Å². The van der Waals surface area contributed by atoms with Gasteiger partial charge in [0.05, 0.1) is 6.26 Å². The summed E-state index contributed by atoms with van der Waals surface area (Å²) >= 11 is 0. The van der Waals surface area contributed by atoms with Crippen LogP contribution in [0.2, 0.25) is 0 Å². The molecule has 0 radical (unpaired) electrons. The number of nitrogens with zero attached hydrogens (tertiary/aromatic N) is 4. The monoisotopic (exact) mass is 290 g/mol. The van der Waals surface area contributed by atoms with Gasteiger partial charge in [0.15, 0.2) is 17.2 Å². The quantitative estimate of drug-likeness (QED) is 0.499. The number of rotatable bonds is 0. The Bertz CT molecular complexity index is 1040. The molecule has 0 unspecified atom stereocenters. The zero-order chi connectivity index (χ0) is 14.5. The summed E-state index contributed by atoms with van der Waals surface area (Å²) in [5, 5.41) is 9.01. The van der Waals surface area contributed by atoms with E-state index < -0.39 is 0 Å². The number of benzene rings is 1. The van der Waals surface area contributed by atoms with Gasteiger partial charge in [-0.1, -0.05) is 12.1 Å². The molecule has 6 heteroatoms. The molecule has 0 N–H and O–H groups in total. The third-order valence-corrected chi connectivity index (χ3v) is 3.82. The standard InChI is InChI=1S/C16H10N4O2/c1-2-10-6-17-16-13(4-5-14-19-18-9-20(14)16)22-8-11-7-21-12(3-1)15(10)11/h1-7,9H,8H2/b17-6-. The lowest BCUT2D eigenvalue weighted by molar-refractivity contribution is 0.306. The topological polar surface area (TPSA) is 64.9 Å². The van der Waals surface area contributed by atoms with Gasteiger partial charge in [0.1, 0.15) is 18.5 Å². The van der Waals surface area contributed by atoms with Crippen molar-refractivity contribution in [2.24, 2.45) is 4.99 Å². The number of furan rings is 1. The zero-order valence-electron chi connectivity index (χ0n) is 11.4. The second-order valence-corrected chi connectivity index (χ2v) is 5.11. The van der Waals surface area contributed by atoms with Crippen LogP contribution in [0.15, 0.2) is 52.3 Å². The molecule has 0 amide bonds. The lowest BCUT2D eigenvalue weighted by Crippen LogP contribution is -1.96. The summed E-state index contributed by atoms with van der Waals surface area (Å²) in [5.41, 5.74) is 3.58. The molecule has 1 aliphatic rings. The Morgan fingerprint density at radius 2 is 2.14 bits per heavy atom. The van der Waals surface area contributed by atoms with Gasteiger partial charge >= 0.3 is 0 Å². The van der Waals surface area contributed by atoms with Gasteiger partial charge in [-0.05, 0) is 18.2 Å². The predicted octanol–water partition coefficient (Wildman–Crippen LogP) is 3.12. The number of hydrogen-bond acceptors (Lipinski definition) is 5.